The Hall–Kier alpha value is -2.89. The molecular formula is C20H24N4O2. The molecule has 1 N–H and O–H groups in total. The summed E-state index contributed by atoms with van der Waals surface area (Å²) in [6, 6.07) is 9.47. The van der Waals surface area contributed by atoms with Gasteiger partial charge in [0.15, 0.2) is 0 Å². The first kappa shape index (κ1) is 17.9. The Bertz CT molecular complexity index is 826. The van der Waals surface area contributed by atoms with Crippen LogP contribution in [-0.4, -0.2) is 47.9 Å². The van der Waals surface area contributed by atoms with E-state index in [1.165, 1.54) is 0 Å². The van der Waals surface area contributed by atoms with E-state index in [2.05, 4.69) is 15.2 Å². The number of carbonyl (C=O) groups is 2. The van der Waals surface area contributed by atoms with Gasteiger partial charge in [0.05, 0.1) is 0 Å². The predicted molar refractivity (Wildman–Crippen MR) is 103 cm³/mol. The largest absolute Gasteiger partial charge is 0.353 e. The van der Waals surface area contributed by atoms with Crippen LogP contribution >= 0.6 is 0 Å². The zero-order chi connectivity index (χ0) is 18.7. The summed E-state index contributed by atoms with van der Waals surface area (Å²) >= 11 is 0. The Morgan fingerprint density at radius 2 is 1.77 bits per heavy atom. The van der Waals surface area contributed by atoms with Crippen LogP contribution in [-0.2, 0) is 4.79 Å². The highest BCUT2D eigenvalue weighted by molar-refractivity contribution is 6.05. The highest BCUT2D eigenvalue weighted by Gasteiger charge is 2.20. The lowest BCUT2D eigenvalue weighted by Crippen LogP contribution is -2.48. The van der Waals surface area contributed by atoms with Gasteiger partial charge in [0.25, 0.3) is 5.91 Å². The van der Waals surface area contributed by atoms with E-state index in [0.29, 0.717) is 31.7 Å². The van der Waals surface area contributed by atoms with E-state index < -0.39 is 0 Å². The Kier molecular flexibility index (Phi) is 5.21. The Balaban J connectivity index is 1.71. The number of amides is 2. The van der Waals surface area contributed by atoms with Crippen LogP contribution in [0.5, 0.6) is 0 Å². The number of aryl methyl sites for hydroxylation is 2. The van der Waals surface area contributed by atoms with Crippen LogP contribution in [0.2, 0.25) is 0 Å². The van der Waals surface area contributed by atoms with Gasteiger partial charge < -0.3 is 15.1 Å². The van der Waals surface area contributed by atoms with Gasteiger partial charge in [-0.1, -0.05) is 17.7 Å². The quantitative estimate of drug-likeness (QED) is 0.922. The minimum absolute atomic E-state index is 0.0965. The molecule has 6 nitrogen and oxygen atoms in total. The zero-order valence-corrected chi connectivity index (χ0v) is 15.5. The number of hydrogen-bond donors (Lipinski definition) is 1. The molecule has 0 aliphatic carbocycles. The second kappa shape index (κ2) is 7.56. The third-order valence-corrected chi connectivity index (χ3v) is 4.69. The molecule has 0 spiro atoms. The summed E-state index contributed by atoms with van der Waals surface area (Å²) in [4.78, 5) is 32.4. The highest BCUT2D eigenvalue weighted by Crippen LogP contribution is 2.19. The summed E-state index contributed by atoms with van der Waals surface area (Å²) in [7, 11) is 0. The minimum atomic E-state index is -0.150. The summed E-state index contributed by atoms with van der Waals surface area (Å²) in [5, 5.41) is 2.97. The molecule has 1 fully saturated rings. The summed E-state index contributed by atoms with van der Waals surface area (Å²) in [6.45, 7) is 8.38. The Labute approximate surface area is 153 Å². The predicted octanol–water partition coefficient (Wildman–Crippen LogP) is 2.62. The fraction of sp³-hybridized carbons (Fsp3) is 0.350. The van der Waals surface area contributed by atoms with Crippen LogP contribution in [0.15, 0.2) is 36.5 Å². The molecule has 0 bridgehead atoms. The van der Waals surface area contributed by atoms with Gasteiger partial charge in [0, 0.05) is 50.6 Å². The first-order chi connectivity index (χ1) is 12.4. The van der Waals surface area contributed by atoms with E-state index >= 15 is 0 Å². The molecule has 1 aliphatic rings. The molecule has 2 amide bonds. The van der Waals surface area contributed by atoms with Gasteiger partial charge in [-0.2, -0.15) is 0 Å². The Morgan fingerprint density at radius 1 is 1.04 bits per heavy atom. The van der Waals surface area contributed by atoms with Crippen LogP contribution in [0.25, 0.3) is 0 Å². The fourth-order valence-corrected chi connectivity index (χ4v) is 3.13. The van der Waals surface area contributed by atoms with Crippen molar-refractivity contribution in [3.8, 4) is 0 Å². The van der Waals surface area contributed by atoms with Crippen LogP contribution in [0.4, 0.5) is 11.5 Å². The summed E-state index contributed by atoms with van der Waals surface area (Å²) in [5.41, 5.74) is 3.59. The van der Waals surface area contributed by atoms with Crippen molar-refractivity contribution in [2.45, 2.75) is 20.8 Å². The van der Waals surface area contributed by atoms with Gasteiger partial charge in [0.2, 0.25) is 5.91 Å². The van der Waals surface area contributed by atoms with Gasteiger partial charge in [-0.25, -0.2) is 4.98 Å². The minimum Gasteiger partial charge on any atom is -0.353 e. The van der Waals surface area contributed by atoms with E-state index in [4.69, 9.17) is 0 Å². The van der Waals surface area contributed by atoms with Gasteiger partial charge in [0.1, 0.15) is 5.82 Å². The van der Waals surface area contributed by atoms with Crippen molar-refractivity contribution in [2.75, 3.05) is 36.4 Å². The number of hydrogen-bond acceptors (Lipinski definition) is 4. The third-order valence-electron chi connectivity index (χ3n) is 4.69. The average molecular weight is 352 g/mol. The average Bonchev–Trinajstić information content (AvgIpc) is 2.64. The maximum Gasteiger partial charge on any atom is 0.255 e. The second-order valence-electron chi connectivity index (χ2n) is 6.67. The zero-order valence-electron chi connectivity index (χ0n) is 15.5. The van der Waals surface area contributed by atoms with Crippen molar-refractivity contribution in [2.24, 2.45) is 0 Å². The lowest BCUT2D eigenvalue weighted by molar-refractivity contribution is -0.129. The van der Waals surface area contributed by atoms with Crippen molar-refractivity contribution in [3.63, 3.8) is 0 Å². The molecular weight excluding hydrogens is 328 g/mol. The Morgan fingerprint density at radius 3 is 2.42 bits per heavy atom. The van der Waals surface area contributed by atoms with Crippen molar-refractivity contribution in [3.05, 3.63) is 53.2 Å². The number of nitrogens with zero attached hydrogens (tertiary/aromatic N) is 3. The van der Waals surface area contributed by atoms with E-state index in [9.17, 15) is 9.59 Å². The monoisotopic (exact) mass is 352 g/mol. The molecule has 2 heterocycles. The topological polar surface area (TPSA) is 65.5 Å². The maximum atomic E-state index is 12.6. The highest BCUT2D eigenvalue weighted by atomic mass is 16.2. The molecule has 1 aromatic carbocycles. The molecule has 1 saturated heterocycles. The fourth-order valence-electron chi connectivity index (χ4n) is 3.13. The normalized spacial score (nSPS) is 14.3. The molecule has 0 atom stereocenters. The SMILES string of the molecule is CC(=O)N1CCN(c2cc(C(=O)Nc3ccc(C)cc3C)ccn2)CC1. The molecule has 136 valence electrons. The van der Waals surface area contributed by atoms with Gasteiger partial charge in [-0.05, 0) is 37.6 Å². The molecule has 2 aromatic rings. The number of pyridine rings is 1. The van der Waals surface area contributed by atoms with Gasteiger partial charge >= 0.3 is 0 Å². The number of carbonyl (C=O) groups excluding carboxylic acids is 2. The molecule has 3 rings (SSSR count). The number of benzene rings is 1. The first-order valence-corrected chi connectivity index (χ1v) is 8.79. The lowest BCUT2D eigenvalue weighted by Gasteiger charge is -2.35. The summed E-state index contributed by atoms with van der Waals surface area (Å²) < 4.78 is 0. The number of nitrogens with one attached hydrogen (secondary N) is 1. The van der Waals surface area contributed by atoms with Crippen LogP contribution in [0, 0.1) is 13.8 Å². The number of anilines is 2. The van der Waals surface area contributed by atoms with Crippen LogP contribution < -0.4 is 10.2 Å². The number of aromatic nitrogens is 1. The summed E-state index contributed by atoms with van der Waals surface area (Å²) in [6.07, 6.45) is 1.66. The number of rotatable bonds is 3. The van der Waals surface area contributed by atoms with Crippen molar-refractivity contribution >= 4 is 23.3 Å². The maximum absolute atomic E-state index is 12.6. The van der Waals surface area contributed by atoms with E-state index in [0.717, 1.165) is 22.6 Å². The molecule has 6 heteroatoms. The van der Waals surface area contributed by atoms with Crippen molar-refractivity contribution < 1.29 is 9.59 Å². The standard InChI is InChI=1S/C20H24N4O2/c1-14-4-5-18(15(2)12-14)22-20(26)17-6-7-21-19(13-17)24-10-8-23(9-11-24)16(3)25/h4-7,12-13H,8-11H2,1-3H3,(H,22,26). The van der Waals surface area contributed by atoms with Gasteiger partial charge in [-0.3, -0.25) is 9.59 Å². The van der Waals surface area contributed by atoms with Gasteiger partial charge in [-0.15, -0.1) is 0 Å². The first-order valence-electron chi connectivity index (χ1n) is 8.79. The van der Waals surface area contributed by atoms with Crippen molar-refractivity contribution in [1.82, 2.24) is 9.88 Å². The number of piperazine rings is 1. The lowest BCUT2D eigenvalue weighted by atomic mass is 10.1. The molecule has 1 aromatic heterocycles. The van der Waals surface area contributed by atoms with E-state index in [1.807, 2.05) is 43.0 Å². The molecule has 26 heavy (non-hydrogen) atoms. The molecule has 1 aliphatic heterocycles. The van der Waals surface area contributed by atoms with E-state index in [-0.39, 0.29) is 11.8 Å². The van der Waals surface area contributed by atoms with Crippen LogP contribution in [0.3, 0.4) is 0 Å². The molecule has 0 radical (unpaired) electrons. The third kappa shape index (κ3) is 4.02. The molecule has 0 unspecified atom stereocenters. The van der Waals surface area contributed by atoms with Crippen molar-refractivity contribution in [1.29, 1.82) is 0 Å². The summed E-state index contributed by atoms with van der Waals surface area (Å²) in [5.74, 6) is 0.712. The smallest absolute Gasteiger partial charge is 0.255 e. The molecule has 0 saturated carbocycles. The second-order valence-corrected chi connectivity index (χ2v) is 6.67. The van der Waals surface area contributed by atoms with E-state index in [1.54, 1.807) is 19.2 Å². The van der Waals surface area contributed by atoms with Crippen LogP contribution in [0.1, 0.15) is 28.4 Å².